The summed E-state index contributed by atoms with van der Waals surface area (Å²) in [6.07, 6.45) is 1.53. The van der Waals surface area contributed by atoms with Gasteiger partial charge in [-0.05, 0) is 48.0 Å². The van der Waals surface area contributed by atoms with Crippen LogP contribution in [0.3, 0.4) is 0 Å². The molecule has 1 amide bonds. The van der Waals surface area contributed by atoms with Gasteiger partial charge in [0.25, 0.3) is 5.91 Å². The Labute approximate surface area is 161 Å². The Kier molecular flexibility index (Phi) is 4.80. The van der Waals surface area contributed by atoms with E-state index >= 15 is 0 Å². The maximum atomic E-state index is 12.3. The van der Waals surface area contributed by atoms with Gasteiger partial charge in [0.1, 0.15) is 5.82 Å². The molecule has 0 atom stereocenters. The molecule has 0 spiro atoms. The summed E-state index contributed by atoms with van der Waals surface area (Å²) in [6.45, 7) is 0.837. The predicted octanol–water partition coefficient (Wildman–Crippen LogP) is 4.33. The monoisotopic (exact) mass is 381 g/mol. The molecule has 27 heavy (non-hydrogen) atoms. The number of hydrogen-bond donors (Lipinski definition) is 2. The van der Waals surface area contributed by atoms with Crippen molar-refractivity contribution in [3.8, 4) is 11.5 Å². The molecule has 6 nitrogen and oxygen atoms in total. The number of rotatable bonds is 5. The van der Waals surface area contributed by atoms with Crippen molar-refractivity contribution in [3.05, 3.63) is 76.9 Å². The molecule has 0 aliphatic carbocycles. The molecular weight excluding hydrogens is 366 g/mol. The van der Waals surface area contributed by atoms with E-state index in [1.165, 1.54) is 6.20 Å². The van der Waals surface area contributed by atoms with Crippen molar-refractivity contribution in [1.82, 2.24) is 4.98 Å². The molecule has 7 heteroatoms. The summed E-state index contributed by atoms with van der Waals surface area (Å²) in [5.41, 5.74) is 2.14. The first-order chi connectivity index (χ1) is 13.2. The van der Waals surface area contributed by atoms with Gasteiger partial charge in [-0.2, -0.15) is 0 Å². The first kappa shape index (κ1) is 17.2. The minimum Gasteiger partial charge on any atom is -0.454 e. The molecule has 2 aromatic carbocycles. The van der Waals surface area contributed by atoms with Crippen molar-refractivity contribution >= 4 is 29.0 Å². The van der Waals surface area contributed by atoms with Gasteiger partial charge in [-0.3, -0.25) is 4.79 Å². The first-order valence-corrected chi connectivity index (χ1v) is 8.70. The summed E-state index contributed by atoms with van der Waals surface area (Å²) in [4.78, 5) is 16.6. The number of ether oxygens (including phenoxy) is 2. The molecule has 0 radical (unpaired) electrons. The summed E-state index contributed by atoms with van der Waals surface area (Å²) >= 11 is 5.92. The summed E-state index contributed by atoms with van der Waals surface area (Å²) in [7, 11) is 0. The molecule has 0 saturated carbocycles. The molecule has 136 valence electrons. The lowest BCUT2D eigenvalue weighted by Gasteiger charge is -2.08. The van der Waals surface area contributed by atoms with E-state index in [0.717, 1.165) is 17.1 Å². The molecule has 3 aromatic rings. The number of nitrogens with zero attached hydrogens (tertiary/aromatic N) is 1. The lowest BCUT2D eigenvalue weighted by molar-refractivity contribution is 0.102. The zero-order chi connectivity index (χ0) is 18.6. The third-order valence-corrected chi connectivity index (χ3v) is 4.25. The van der Waals surface area contributed by atoms with Crippen LogP contribution in [-0.4, -0.2) is 17.7 Å². The molecule has 1 aliphatic heterocycles. The number of pyridine rings is 1. The molecule has 0 unspecified atom stereocenters. The van der Waals surface area contributed by atoms with Crippen molar-refractivity contribution in [2.45, 2.75) is 6.54 Å². The highest BCUT2D eigenvalue weighted by Gasteiger charge is 2.13. The quantitative estimate of drug-likeness (QED) is 0.688. The van der Waals surface area contributed by atoms with Crippen molar-refractivity contribution in [1.29, 1.82) is 0 Å². The van der Waals surface area contributed by atoms with Crippen LogP contribution in [-0.2, 0) is 6.54 Å². The van der Waals surface area contributed by atoms with Crippen LogP contribution in [0.15, 0.2) is 60.8 Å². The predicted molar refractivity (Wildman–Crippen MR) is 104 cm³/mol. The van der Waals surface area contributed by atoms with Gasteiger partial charge < -0.3 is 20.1 Å². The Bertz CT molecular complexity index is 976. The topological polar surface area (TPSA) is 72.5 Å². The molecule has 0 fully saturated rings. The van der Waals surface area contributed by atoms with Crippen molar-refractivity contribution < 1.29 is 14.3 Å². The number of amides is 1. The Hall–Kier alpha value is -3.25. The fourth-order valence-electron chi connectivity index (χ4n) is 2.65. The number of aromatic nitrogens is 1. The Morgan fingerprint density at radius 3 is 2.78 bits per heavy atom. The van der Waals surface area contributed by atoms with Crippen LogP contribution in [0.25, 0.3) is 0 Å². The molecule has 4 rings (SSSR count). The van der Waals surface area contributed by atoms with Crippen LogP contribution in [0.2, 0.25) is 5.02 Å². The van der Waals surface area contributed by atoms with Crippen LogP contribution in [0.4, 0.5) is 11.5 Å². The lowest BCUT2D eigenvalue weighted by atomic mass is 10.2. The van der Waals surface area contributed by atoms with E-state index in [2.05, 4.69) is 15.6 Å². The third-order valence-electron chi connectivity index (χ3n) is 4.02. The van der Waals surface area contributed by atoms with Gasteiger partial charge >= 0.3 is 0 Å². The number of benzene rings is 2. The number of nitrogens with one attached hydrogen (secondary N) is 2. The van der Waals surface area contributed by atoms with Crippen LogP contribution >= 0.6 is 11.6 Å². The van der Waals surface area contributed by atoms with Gasteiger partial charge in [-0.15, -0.1) is 0 Å². The average molecular weight is 382 g/mol. The first-order valence-electron chi connectivity index (χ1n) is 8.33. The number of anilines is 2. The second-order valence-corrected chi connectivity index (χ2v) is 6.37. The number of hydrogen-bond acceptors (Lipinski definition) is 5. The average Bonchev–Trinajstić information content (AvgIpc) is 3.14. The third kappa shape index (κ3) is 4.12. The van der Waals surface area contributed by atoms with E-state index in [9.17, 15) is 4.79 Å². The van der Waals surface area contributed by atoms with Gasteiger partial charge in [0.15, 0.2) is 11.5 Å². The van der Waals surface area contributed by atoms with Crippen LogP contribution < -0.4 is 20.1 Å². The number of carbonyl (C=O) groups is 1. The molecule has 2 heterocycles. The normalized spacial score (nSPS) is 11.9. The molecule has 0 saturated heterocycles. The summed E-state index contributed by atoms with van der Waals surface area (Å²) in [5, 5.41) is 6.57. The molecule has 0 bridgehead atoms. The number of fused-ring (bicyclic) bond motifs is 1. The van der Waals surface area contributed by atoms with Gasteiger partial charge in [-0.25, -0.2) is 4.98 Å². The largest absolute Gasteiger partial charge is 0.454 e. The second-order valence-electron chi connectivity index (χ2n) is 5.94. The molecule has 1 aromatic heterocycles. The van der Waals surface area contributed by atoms with E-state index in [4.69, 9.17) is 21.1 Å². The number of halogens is 1. The maximum Gasteiger partial charge on any atom is 0.257 e. The molecular formula is C20H16ClN3O3. The Morgan fingerprint density at radius 1 is 1.07 bits per heavy atom. The van der Waals surface area contributed by atoms with Crippen molar-refractivity contribution in [2.75, 3.05) is 17.4 Å². The highest BCUT2D eigenvalue weighted by molar-refractivity contribution is 6.30. The number of carbonyl (C=O) groups excluding carboxylic acids is 1. The standard InChI is InChI=1S/C20H16ClN3O3/c21-15-2-1-3-16(9-15)24-20(25)14-5-7-19(23-11-14)22-10-13-4-6-17-18(8-13)27-12-26-17/h1-9,11H,10,12H2,(H,22,23)(H,24,25). The zero-order valence-electron chi connectivity index (χ0n) is 14.2. The minimum absolute atomic E-state index is 0.243. The summed E-state index contributed by atoms with van der Waals surface area (Å²) < 4.78 is 10.7. The smallest absolute Gasteiger partial charge is 0.257 e. The summed E-state index contributed by atoms with van der Waals surface area (Å²) in [6, 6.07) is 16.3. The van der Waals surface area contributed by atoms with Crippen LogP contribution in [0.1, 0.15) is 15.9 Å². The van der Waals surface area contributed by atoms with Gasteiger partial charge in [0, 0.05) is 23.5 Å². The van der Waals surface area contributed by atoms with Crippen LogP contribution in [0.5, 0.6) is 11.5 Å². The molecule has 2 N–H and O–H groups in total. The minimum atomic E-state index is -0.243. The van der Waals surface area contributed by atoms with E-state index in [1.54, 1.807) is 36.4 Å². The van der Waals surface area contributed by atoms with Gasteiger partial charge in [0.2, 0.25) is 6.79 Å². The van der Waals surface area contributed by atoms with Crippen molar-refractivity contribution in [2.24, 2.45) is 0 Å². The van der Waals surface area contributed by atoms with Crippen LogP contribution in [0, 0.1) is 0 Å². The van der Waals surface area contributed by atoms with Gasteiger partial charge in [-0.1, -0.05) is 23.7 Å². The fraction of sp³-hybridized carbons (Fsp3) is 0.100. The molecule has 1 aliphatic rings. The Balaban J connectivity index is 1.36. The van der Waals surface area contributed by atoms with Crippen molar-refractivity contribution in [3.63, 3.8) is 0 Å². The van der Waals surface area contributed by atoms with Gasteiger partial charge in [0.05, 0.1) is 5.56 Å². The van der Waals surface area contributed by atoms with E-state index < -0.39 is 0 Å². The SMILES string of the molecule is O=C(Nc1cccc(Cl)c1)c1ccc(NCc2ccc3c(c2)OCO3)nc1. The highest BCUT2D eigenvalue weighted by Crippen LogP contribution is 2.32. The summed E-state index contributed by atoms with van der Waals surface area (Å²) in [5.74, 6) is 1.93. The van der Waals surface area contributed by atoms with E-state index in [0.29, 0.717) is 28.6 Å². The maximum absolute atomic E-state index is 12.3. The lowest BCUT2D eigenvalue weighted by Crippen LogP contribution is -2.12. The Morgan fingerprint density at radius 2 is 1.96 bits per heavy atom. The zero-order valence-corrected chi connectivity index (χ0v) is 15.0. The fourth-order valence-corrected chi connectivity index (χ4v) is 2.84. The van der Waals surface area contributed by atoms with E-state index in [1.807, 2.05) is 18.2 Å². The highest BCUT2D eigenvalue weighted by atomic mass is 35.5. The second kappa shape index (κ2) is 7.55. The van der Waals surface area contributed by atoms with E-state index in [-0.39, 0.29) is 12.7 Å².